The third kappa shape index (κ3) is 4.65. The number of H-pyrrole nitrogens is 1. The third-order valence-corrected chi connectivity index (χ3v) is 5.41. The van der Waals surface area contributed by atoms with Gasteiger partial charge in [-0.15, -0.1) is 11.3 Å². The summed E-state index contributed by atoms with van der Waals surface area (Å²) in [6.07, 6.45) is 0.802. The van der Waals surface area contributed by atoms with E-state index in [1.165, 1.54) is 22.4 Å². The Balaban J connectivity index is 1.22. The molecule has 2 aromatic heterocycles. The zero-order chi connectivity index (χ0) is 19.2. The zero-order valence-corrected chi connectivity index (χ0v) is 16.3. The van der Waals surface area contributed by atoms with E-state index in [4.69, 9.17) is 0 Å². The van der Waals surface area contributed by atoms with Crippen molar-refractivity contribution in [2.75, 3.05) is 6.54 Å². The molecular formula is C22H22N4OS. The summed E-state index contributed by atoms with van der Waals surface area (Å²) in [5.41, 5.74) is 3.89. The van der Waals surface area contributed by atoms with Gasteiger partial charge in [-0.25, -0.2) is 4.98 Å². The van der Waals surface area contributed by atoms with Crippen LogP contribution in [0.4, 0.5) is 0 Å². The van der Waals surface area contributed by atoms with Crippen LogP contribution < -0.4 is 10.6 Å². The van der Waals surface area contributed by atoms with Crippen molar-refractivity contribution in [3.8, 4) is 0 Å². The predicted octanol–water partition coefficient (Wildman–Crippen LogP) is 3.89. The van der Waals surface area contributed by atoms with Crippen molar-refractivity contribution in [2.45, 2.75) is 19.5 Å². The molecule has 28 heavy (non-hydrogen) atoms. The number of hydrogen-bond acceptors (Lipinski definition) is 4. The van der Waals surface area contributed by atoms with E-state index in [-0.39, 0.29) is 5.91 Å². The Morgan fingerprint density at radius 2 is 1.86 bits per heavy atom. The fourth-order valence-electron chi connectivity index (χ4n) is 3.05. The molecule has 142 valence electrons. The molecule has 6 heteroatoms. The Labute approximate surface area is 167 Å². The predicted molar refractivity (Wildman–Crippen MR) is 113 cm³/mol. The largest absolute Gasteiger partial charge is 0.357 e. The molecule has 4 aromatic rings. The number of para-hydroxylation sites is 1. The average Bonchev–Trinajstić information content (AvgIpc) is 3.37. The lowest BCUT2D eigenvalue weighted by molar-refractivity contribution is 0.0946. The average molecular weight is 391 g/mol. The number of amides is 1. The normalized spacial score (nSPS) is 11.0. The van der Waals surface area contributed by atoms with E-state index in [9.17, 15) is 4.79 Å². The van der Waals surface area contributed by atoms with Gasteiger partial charge in [-0.3, -0.25) is 4.79 Å². The van der Waals surface area contributed by atoms with Gasteiger partial charge >= 0.3 is 0 Å². The van der Waals surface area contributed by atoms with Crippen LogP contribution in [-0.2, 0) is 19.5 Å². The van der Waals surface area contributed by atoms with E-state index in [2.05, 4.69) is 38.8 Å². The topological polar surface area (TPSA) is 69.8 Å². The van der Waals surface area contributed by atoms with Gasteiger partial charge in [0.15, 0.2) is 0 Å². The molecule has 0 spiro atoms. The van der Waals surface area contributed by atoms with Gasteiger partial charge < -0.3 is 15.6 Å². The lowest BCUT2D eigenvalue weighted by Crippen LogP contribution is -2.23. The molecule has 0 saturated heterocycles. The van der Waals surface area contributed by atoms with Crippen LogP contribution in [-0.4, -0.2) is 22.4 Å². The first-order chi connectivity index (χ1) is 13.8. The van der Waals surface area contributed by atoms with Gasteiger partial charge in [0.25, 0.3) is 5.91 Å². The highest BCUT2D eigenvalue weighted by molar-refractivity contribution is 7.09. The van der Waals surface area contributed by atoms with Gasteiger partial charge in [0.05, 0.1) is 5.01 Å². The second kappa shape index (κ2) is 8.82. The number of aromatic nitrogens is 2. The number of nitrogens with zero attached hydrogens (tertiary/aromatic N) is 1. The minimum absolute atomic E-state index is 0.127. The van der Waals surface area contributed by atoms with Crippen LogP contribution in [0.2, 0.25) is 0 Å². The zero-order valence-electron chi connectivity index (χ0n) is 15.4. The lowest BCUT2D eigenvalue weighted by Gasteiger charge is -2.03. The van der Waals surface area contributed by atoms with Crippen LogP contribution in [0.5, 0.6) is 0 Å². The standard InChI is InChI=1S/C22H22N4OS/c27-22(24-13-16-6-2-1-3-7-16)20-15-28-21(26-20)10-11-23-14-18-12-17-8-4-5-9-19(17)25-18/h1-9,12,15,23,25H,10-11,13-14H2,(H,24,27). The van der Waals surface area contributed by atoms with Gasteiger partial charge in [-0.1, -0.05) is 48.5 Å². The Bertz CT molecular complexity index is 1020. The van der Waals surface area contributed by atoms with Gasteiger partial charge in [0.1, 0.15) is 5.69 Å². The molecule has 0 atom stereocenters. The third-order valence-electron chi connectivity index (χ3n) is 4.50. The Kier molecular flexibility index (Phi) is 5.80. The number of benzene rings is 2. The van der Waals surface area contributed by atoms with E-state index in [0.29, 0.717) is 12.2 Å². The van der Waals surface area contributed by atoms with Crippen LogP contribution in [0.3, 0.4) is 0 Å². The molecule has 5 nitrogen and oxygen atoms in total. The Hall–Kier alpha value is -2.96. The molecule has 4 rings (SSSR count). The van der Waals surface area contributed by atoms with Crippen LogP contribution in [0.15, 0.2) is 66.0 Å². The van der Waals surface area contributed by atoms with E-state index in [0.717, 1.165) is 35.6 Å². The van der Waals surface area contributed by atoms with E-state index >= 15 is 0 Å². The van der Waals surface area contributed by atoms with Gasteiger partial charge in [-0.05, 0) is 23.1 Å². The summed E-state index contributed by atoms with van der Waals surface area (Å²) in [5.74, 6) is -0.127. The number of fused-ring (bicyclic) bond motifs is 1. The lowest BCUT2D eigenvalue weighted by atomic mass is 10.2. The maximum absolute atomic E-state index is 12.2. The molecule has 0 unspecified atom stereocenters. The molecule has 0 aliphatic carbocycles. The number of rotatable bonds is 8. The molecule has 3 N–H and O–H groups in total. The van der Waals surface area contributed by atoms with Crippen molar-refractivity contribution >= 4 is 28.1 Å². The van der Waals surface area contributed by atoms with Crippen molar-refractivity contribution in [3.63, 3.8) is 0 Å². The summed E-state index contributed by atoms with van der Waals surface area (Å²) in [6, 6.07) is 20.3. The van der Waals surface area contributed by atoms with Crippen LogP contribution in [0.25, 0.3) is 10.9 Å². The second-order valence-electron chi connectivity index (χ2n) is 6.60. The molecule has 0 bridgehead atoms. The number of hydrogen-bond donors (Lipinski definition) is 3. The fourth-order valence-corrected chi connectivity index (χ4v) is 3.82. The highest BCUT2D eigenvalue weighted by atomic mass is 32.1. The first kappa shape index (κ1) is 18.4. The molecule has 2 heterocycles. The van der Waals surface area contributed by atoms with Gasteiger partial charge in [0, 0.05) is 42.6 Å². The summed E-state index contributed by atoms with van der Waals surface area (Å²) < 4.78 is 0. The quantitative estimate of drug-likeness (QED) is 0.400. The van der Waals surface area contributed by atoms with Crippen LogP contribution in [0, 0.1) is 0 Å². The molecule has 0 aliphatic heterocycles. The number of aromatic amines is 1. The first-order valence-corrected chi connectivity index (χ1v) is 10.2. The van der Waals surface area contributed by atoms with Crippen molar-refractivity contribution < 1.29 is 4.79 Å². The van der Waals surface area contributed by atoms with Crippen molar-refractivity contribution in [3.05, 3.63) is 88.0 Å². The van der Waals surface area contributed by atoms with Gasteiger partial charge in [-0.2, -0.15) is 0 Å². The molecule has 0 radical (unpaired) electrons. The minimum Gasteiger partial charge on any atom is -0.357 e. The molecular weight excluding hydrogens is 368 g/mol. The van der Waals surface area contributed by atoms with Crippen molar-refractivity contribution in [1.29, 1.82) is 0 Å². The summed E-state index contributed by atoms with van der Waals surface area (Å²) in [7, 11) is 0. The van der Waals surface area contributed by atoms with Gasteiger partial charge in [0.2, 0.25) is 0 Å². The SMILES string of the molecule is O=C(NCc1ccccc1)c1csc(CCNCc2cc3ccccc3[nH]2)n1. The highest BCUT2D eigenvalue weighted by Crippen LogP contribution is 2.14. The minimum atomic E-state index is -0.127. The number of nitrogens with one attached hydrogen (secondary N) is 3. The number of carbonyl (C=O) groups excluding carboxylic acids is 1. The smallest absolute Gasteiger partial charge is 0.271 e. The monoisotopic (exact) mass is 390 g/mol. The fraction of sp³-hybridized carbons (Fsp3) is 0.182. The molecule has 1 amide bonds. The number of thiazole rings is 1. The Morgan fingerprint density at radius 3 is 2.71 bits per heavy atom. The van der Waals surface area contributed by atoms with E-state index < -0.39 is 0 Å². The maximum atomic E-state index is 12.2. The molecule has 2 aromatic carbocycles. The number of carbonyl (C=O) groups is 1. The van der Waals surface area contributed by atoms with Crippen LogP contribution in [0.1, 0.15) is 26.8 Å². The summed E-state index contributed by atoms with van der Waals surface area (Å²) in [4.78, 5) is 20.1. The summed E-state index contributed by atoms with van der Waals surface area (Å²) >= 11 is 1.53. The summed E-state index contributed by atoms with van der Waals surface area (Å²) in [5, 5.41) is 10.4. The van der Waals surface area contributed by atoms with E-state index in [1.54, 1.807) is 0 Å². The molecule has 0 fully saturated rings. The second-order valence-corrected chi connectivity index (χ2v) is 7.55. The highest BCUT2D eigenvalue weighted by Gasteiger charge is 2.10. The van der Waals surface area contributed by atoms with Crippen molar-refractivity contribution in [1.82, 2.24) is 20.6 Å². The molecule has 0 aliphatic rings. The molecule has 0 saturated carbocycles. The summed E-state index contributed by atoms with van der Waals surface area (Å²) in [6.45, 7) is 2.11. The Morgan fingerprint density at radius 1 is 1.04 bits per heavy atom. The van der Waals surface area contributed by atoms with E-state index in [1.807, 2.05) is 47.8 Å². The van der Waals surface area contributed by atoms with Crippen LogP contribution >= 0.6 is 11.3 Å². The van der Waals surface area contributed by atoms with Crippen molar-refractivity contribution in [2.24, 2.45) is 0 Å². The first-order valence-electron chi connectivity index (χ1n) is 9.32. The maximum Gasteiger partial charge on any atom is 0.271 e.